The van der Waals surface area contributed by atoms with Gasteiger partial charge in [0.2, 0.25) is 0 Å². The maximum absolute atomic E-state index is 14.1. The van der Waals surface area contributed by atoms with Crippen molar-refractivity contribution >= 4 is 6.09 Å². The number of rotatable bonds is 4. The Morgan fingerprint density at radius 2 is 1.95 bits per heavy atom. The van der Waals surface area contributed by atoms with Crippen LogP contribution in [0.1, 0.15) is 24.8 Å². The maximum atomic E-state index is 14.1. The van der Waals surface area contributed by atoms with Crippen LogP contribution in [0.2, 0.25) is 0 Å². The van der Waals surface area contributed by atoms with E-state index >= 15 is 0 Å². The average Bonchev–Trinajstić information content (AvgIpc) is 2.53. The van der Waals surface area contributed by atoms with E-state index in [2.05, 4.69) is 5.32 Å². The van der Waals surface area contributed by atoms with Crippen molar-refractivity contribution in [1.82, 2.24) is 10.2 Å². The molecular weight excluding hydrogens is 283 g/mol. The predicted molar refractivity (Wildman–Crippen MR) is 82.2 cm³/mol. The molecule has 120 valence electrons. The average molecular weight is 306 g/mol. The molecule has 1 aromatic rings. The highest BCUT2D eigenvalue weighted by Crippen LogP contribution is 2.31. The second-order valence-corrected chi connectivity index (χ2v) is 6.43. The zero-order valence-corrected chi connectivity index (χ0v) is 12.8. The molecule has 2 aliphatic heterocycles. The van der Waals surface area contributed by atoms with E-state index in [0.717, 1.165) is 18.4 Å². The van der Waals surface area contributed by atoms with Crippen molar-refractivity contribution < 1.29 is 13.9 Å². The summed E-state index contributed by atoms with van der Waals surface area (Å²) in [5.41, 5.74) is -0.0247. The van der Waals surface area contributed by atoms with Crippen LogP contribution in [0.4, 0.5) is 9.18 Å². The van der Waals surface area contributed by atoms with Crippen molar-refractivity contribution in [2.24, 2.45) is 5.92 Å². The highest BCUT2D eigenvalue weighted by atomic mass is 19.1. The molecule has 0 aliphatic carbocycles. The summed E-state index contributed by atoms with van der Waals surface area (Å²) in [4.78, 5) is 13.8. The van der Waals surface area contributed by atoms with E-state index in [1.165, 1.54) is 0 Å². The fourth-order valence-corrected chi connectivity index (χ4v) is 3.19. The van der Waals surface area contributed by atoms with Crippen LogP contribution in [0.3, 0.4) is 0 Å². The zero-order chi connectivity index (χ0) is 15.4. The van der Waals surface area contributed by atoms with E-state index in [9.17, 15) is 9.18 Å². The van der Waals surface area contributed by atoms with Crippen molar-refractivity contribution in [2.75, 3.05) is 26.2 Å². The Morgan fingerprint density at radius 1 is 1.27 bits per heavy atom. The number of hydrogen-bond donors (Lipinski definition) is 1. The highest BCUT2D eigenvalue weighted by molar-refractivity contribution is 5.67. The number of alkyl halides is 1. The first kappa shape index (κ1) is 15.3. The van der Waals surface area contributed by atoms with E-state index < -0.39 is 5.67 Å². The smallest absolute Gasteiger partial charge is 0.410 e. The monoisotopic (exact) mass is 306 g/mol. The zero-order valence-electron chi connectivity index (χ0n) is 12.8. The lowest BCUT2D eigenvalue weighted by Crippen LogP contribution is -2.57. The quantitative estimate of drug-likeness (QED) is 0.930. The Labute approximate surface area is 130 Å². The van der Waals surface area contributed by atoms with Gasteiger partial charge in [0.05, 0.1) is 0 Å². The molecule has 0 atom stereocenters. The summed E-state index contributed by atoms with van der Waals surface area (Å²) in [6.45, 7) is 2.60. The number of halogens is 1. The summed E-state index contributed by atoms with van der Waals surface area (Å²) in [6.07, 6.45) is 2.09. The minimum Gasteiger partial charge on any atom is -0.445 e. The number of benzene rings is 1. The number of amides is 1. The normalized spacial score (nSPS) is 21.2. The topological polar surface area (TPSA) is 41.6 Å². The first-order valence-electron chi connectivity index (χ1n) is 8.00. The first-order chi connectivity index (χ1) is 10.6. The number of likely N-dealkylation sites (tertiary alicyclic amines) is 1. The summed E-state index contributed by atoms with van der Waals surface area (Å²) < 4.78 is 19.4. The molecule has 2 saturated heterocycles. The van der Waals surface area contributed by atoms with Crippen molar-refractivity contribution in [1.29, 1.82) is 0 Å². The van der Waals surface area contributed by atoms with Crippen LogP contribution in [0.5, 0.6) is 0 Å². The molecule has 2 fully saturated rings. The van der Waals surface area contributed by atoms with Crippen LogP contribution in [-0.4, -0.2) is 42.8 Å². The second-order valence-electron chi connectivity index (χ2n) is 6.43. The largest absolute Gasteiger partial charge is 0.445 e. The lowest BCUT2D eigenvalue weighted by molar-refractivity contribution is 0.0391. The molecule has 2 heterocycles. The van der Waals surface area contributed by atoms with Gasteiger partial charge in [0, 0.05) is 26.2 Å². The summed E-state index contributed by atoms with van der Waals surface area (Å²) in [5.74, 6) is 0.380. The molecular formula is C17H23FN2O2. The van der Waals surface area contributed by atoms with Crippen molar-refractivity contribution in [3.63, 3.8) is 0 Å². The summed E-state index contributed by atoms with van der Waals surface area (Å²) in [6, 6.07) is 9.67. The van der Waals surface area contributed by atoms with Gasteiger partial charge in [0.25, 0.3) is 0 Å². The van der Waals surface area contributed by atoms with Gasteiger partial charge in [-0.15, -0.1) is 0 Å². The van der Waals surface area contributed by atoms with Gasteiger partial charge in [-0.25, -0.2) is 9.18 Å². The molecule has 5 heteroatoms. The van der Waals surface area contributed by atoms with Crippen LogP contribution in [0.25, 0.3) is 0 Å². The molecule has 3 rings (SSSR count). The van der Waals surface area contributed by atoms with Crippen LogP contribution >= 0.6 is 0 Å². The van der Waals surface area contributed by atoms with E-state index in [-0.39, 0.29) is 6.09 Å². The van der Waals surface area contributed by atoms with Gasteiger partial charge in [0.1, 0.15) is 12.3 Å². The van der Waals surface area contributed by atoms with Gasteiger partial charge in [0.15, 0.2) is 0 Å². The number of hydrogen-bond acceptors (Lipinski definition) is 3. The number of carbonyl (C=O) groups is 1. The fourth-order valence-electron chi connectivity index (χ4n) is 3.19. The minimum atomic E-state index is -1.01. The molecule has 2 aliphatic rings. The van der Waals surface area contributed by atoms with E-state index in [1.54, 1.807) is 4.90 Å². The molecule has 1 amide bonds. The van der Waals surface area contributed by atoms with Gasteiger partial charge in [-0.1, -0.05) is 30.3 Å². The van der Waals surface area contributed by atoms with Crippen molar-refractivity contribution in [3.8, 4) is 0 Å². The Balaban J connectivity index is 1.40. The molecule has 0 saturated carbocycles. The van der Waals surface area contributed by atoms with Gasteiger partial charge < -0.3 is 15.0 Å². The molecule has 1 aromatic carbocycles. The number of nitrogens with zero attached hydrogens (tertiary/aromatic N) is 1. The molecule has 1 N–H and O–H groups in total. The van der Waals surface area contributed by atoms with Gasteiger partial charge in [-0.2, -0.15) is 0 Å². The maximum Gasteiger partial charge on any atom is 0.410 e. The third-order valence-corrected chi connectivity index (χ3v) is 4.62. The summed E-state index contributed by atoms with van der Waals surface area (Å²) >= 11 is 0. The Morgan fingerprint density at radius 3 is 2.55 bits per heavy atom. The Hall–Kier alpha value is -1.62. The van der Waals surface area contributed by atoms with E-state index in [4.69, 9.17) is 4.74 Å². The minimum absolute atomic E-state index is 0.262. The van der Waals surface area contributed by atoms with E-state index in [1.807, 2.05) is 30.3 Å². The predicted octanol–water partition coefficient (Wildman–Crippen LogP) is 2.74. The van der Waals surface area contributed by atoms with Crippen LogP contribution in [0.15, 0.2) is 30.3 Å². The molecule has 0 bridgehead atoms. The highest BCUT2D eigenvalue weighted by Gasteiger charge is 2.39. The molecule has 0 radical (unpaired) electrons. The van der Waals surface area contributed by atoms with Crippen molar-refractivity contribution in [2.45, 2.75) is 31.5 Å². The van der Waals surface area contributed by atoms with Gasteiger partial charge in [-0.3, -0.25) is 0 Å². The first-order valence-corrected chi connectivity index (χ1v) is 8.00. The summed E-state index contributed by atoms with van der Waals surface area (Å²) in [5, 5.41) is 2.99. The summed E-state index contributed by atoms with van der Waals surface area (Å²) in [7, 11) is 0. The second kappa shape index (κ2) is 6.65. The number of ether oxygens (including phenoxy) is 1. The van der Waals surface area contributed by atoms with Gasteiger partial charge in [-0.05, 0) is 30.7 Å². The lowest BCUT2D eigenvalue weighted by Gasteiger charge is -2.40. The Bertz CT molecular complexity index is 497. The number of carbonyl (C=O) groups excluding carboxylic acids is 1. The SMILES string of the molecule is O=C(OCc1ccccc1)N1CCC(CC2(F)CNC2)CC1. The third kappa shape index (κ3) is 3.77. The molecule has 0 spiro atoms. The Kier molecular flexibility index (Phi) is 4.62. The standard InChI is InChI=1S/C17H23FN2O2/c18-17(12-19-13-17)10-14-6-8-20(9-7-14)16(21)22-11-15-4-2-1-3-5-15/h1-5,14,19H,6-13H2. The molecule has 22 heavy (non-hydrogen) atoms. The van der Waals surface area contributed by atoms with Crippen LogP contribution in [-0.2, 0) is 11.3 Å². The number of nitrogens with one attached hydrogen (secondary N) is 1. The number of piperidine rings is 1. The molecule has 0 aromatic heterocycles. The van der Waals surface area contributed by atoms with Crippen LogP contribution < -0.4 is 5.32 Å². The van der Waals surface area contributed by atoms with Crippen molar-refractivity contribution in [3.05, 3.63) is 35.9 Å². The van der Waals surface area contributed by atoms with E-state index in [0.29, 0.717) is 45.1 Å². The van der Waals surface area contributed by atoms with Crippen LogP contribution in [0, 0.1) is 5.92 Å². The lowest BCUT2D eigenvalue weighted by atomic mass is 9.82. The molecule has 0 unspecified atom stereocenters. The third-order valence-electron chi connectivity index (χ3n) is 4.62. The van der Waals surface area contributed by atoms with Gasteiger partial charge >= 0.3 is 6.09 Å². The molecule has 4 nitrogen and oxygen atoms in total. The fraction of sp³-hybridized carbons (Fsp3) is 0.588.